The van der Waals surface area contributed by atoms with Gasteiger partial charge in [-0.2, -0.15) is 0 Å². The molecule has 10 heteroatoms. The number of carbonyl (C=O) groups excluding carboxylic acids is 3. The van der Waals surface area contributed by atoms with Gasteiger partial charge in [-0.25, -0.2) is 9.78 Å². The summed E-state index contributed by atoms with van der Waals surface area (Å²) in [7, 11) is 2.91. The summed E-state index contributed by atoms with van der Waals surface area (Å²) >= 11 is 5.96. The molecule has 0 saturated carbocycles. The summed E-state index contributed by atoms with van der Waals surface area (Å²) in [5, 5.41) is 5.14. The Balaban J connectivity index is 1.71. The van der Waals surface area contributed by atoms with Crippen LogP contribution in [0.1, 0.15) is 21.5 Å². The van der Waals surface area contributed by atoms with E-state index in [2.05, 4.69) is 15.6 Å². The summed E-state index contributed by atoms with van der Waals surface area (Å²) in [6.45, 7) is 0.153. The van der Waals surface area contributed by atoms with E-state index in [1.165, 1.54) is 25.3 Å². The van der Waals surface area contributed by atoms with Gasteiger partial charge in [-0.05, 0) is 41.5 Å². The molecule has 2 N–H and O–H groups in total. The Kier molecular flexibility index (Phi) is 5.28. The van der Waals surface area contributed by atoms with E-state index < -0.39 is 17.5 Å². The summed E-state index contributed by atoms with van der Waals surface area (Å²) in [4.78, 5) is 43.4. The Hall–Kier alpha value is -3.59. The third-order valence-electron chi connectivity index (χ3n) is 5.25. The van der Waals surface area contributed by atoms with Crippen molar-refractivity contribution in [2.75, 3.05) is 20.8 Å². The van der Waals surface area contributed by atoms with Gasteiger partial charge in [-0.15, -0.1) is 0 Å². The lowest BCUT2D eigenvalue weighted by atomic mass is 9.94. The van der Waals surface area contributed by atoms with Crippen molar-refractivity contribution in [3.05, 3.63) is 64.1 Å². The molecule has 0 bridgehead atoms. The molecule has 2 aromatic rings. The first-order chi connectivity index (χ1) is 14.9. The van der Waals surface area contributed by atoms with Crippen LogP contribution in [-0.4, -0.2) is 54.0 Å². The number of nitrogens with one attached hydrogen (secondary N) is 2. The molecular weight excluding hydrogens is 424 g/mol. The topological polar surface area (TPSA) is 110 Å². The molecule has 0 unspecified atom stereocenters. The third kappa shape index (κ3) is 3.68. The molecule has 31 heavy (non-hydrogen) atoms. The Morgan fingerprint density at radius 1 is 1.26 bits per heavy atom. The smallest absolute Gasteiger partial charge is 0.322 e. The van der Waals surface area contributed by atoms with Gasteiger partial charge in [0.15, 0.2) is 5.54 Å². The zero-order valence-electron chi connectivity index (χ0n) is 16.8. The number of halogens is 1. The van der Waals surface area contributed by atoms with E-state index in [0.717, 1.165) is 5.56 Å². The van der Waals surface area contributed by atoms with Crippen LogP contribution in [0.2, 0.25) is 5.15 Å². The average Bonchev–Trinajstić information content (AvgIpc) is 3.21. The van der Waals surface area contributed by atoms with E-state index in [1.54, 1.807) is 36.4 Å². The molecule has 2 aliphatic heterocycles. The number of benzene rings is 1. The highest BCUT2D eigenvalue weighted by Crippen LogP contribution is 2.32. The van der Waals surface area contributed by atoms with Crippen molar-refractivity contribution in [1.82, 2.24) is 20.5 Å². The summed E-state index contributed by atoms with van der Waals surface area (Å²) in [6.07, 6.45) is 3.09. The minimum Gasteiger partial charge on any atom is -0.498 e. The minimum atomic E-state index is -1.61. The first-order valence-electron chi connectivity index (χ1n) is 9.34. The maximum absolute atomic E-state index is 13.0. The number of methoxy groups -OCH3 is 2. The molecule has 0 aliphatic carbocycles. The van der Waals surface area contributed by atoms with Gasteiger partial charge in [0.2, 0.25) is 0 Å². The lowest BCUT2D eigenvalue weighted by Crippen LogP contribution is -2.57. The van der Waals surface area contributed by atoms with E-state index in [-0.39, 0.29) is 29.9 Å². The van der Waals surface area contributed by atoms with Gasteiger partial charge >= 0.3 is 6.03 Å². The van der Waals surface area contributed by atoms with Crippen LogP contribution < -0.4 is 15.4 Å². The monoisotopic (exact) mass is 442 g/mol. The van der Waals surface area contributed by atoms with Crippen LogP contribution in [0.5, 0.6) is 5.75 Å². The molecule has 1 aromatic heterocycles. The zero-order chi connectivity index (χ0) is 22.2. The maximum Gasteiger partial charge on any atom is 0.322 e. The second-order valence-electron chi connectivity index (χ2n) is 7.12. The Labute approximate surface area is 183 Å². The van der Waals surface area contributed by atoms with E-state index in [0.29, 0.717) is 16.9 Å². The summed E-state index contributed by atoms with van der Waals surface area (Å²) < 4.78 is 10.7. The van der Waals surface area contributed by atoms with E-state index >= 15 is 0 Å². The maximum atomic E-state index is 13.0. The fraction of sp³-hybridized carbons (Fsp3) is 0.238. The first-order valence-corrected chi connectivity index (χ1v) is 9.71. The molecule has 1 aromatic carbocycles. The van der Waals surface area contributed by atoms with Crippen molar-refractivity contribution in [1.29, 1.82) is 0 Å². The molecule has 1 fully saturated rings. The van der Waals surface area contributed by atoms with Crippen molar-refractivity contribution >= 4 is 35.5 Å². The summed E-state index contributed by atoms with van der Waals surface area (Å²) in [5.74, 6) is -0.182. The van der Waals surface area contributed by atoms with Crippen molar-refractivity contribution in [3.8, 4) is 5.75 Å². The van der Waals surface area contributed by atoms with Crippen molar-refractivity contribution in [2.24, 2.45) is 0 Å². The number of aromatic nitrogens is 1. The lowest BCUT2D eigenvalue weighted by molar-refractivity contribution is -0.124. The number of amides is 4. The van der Waals surface area contributed by atoms with E-state index in [9.17, 15) is 14.4 Å². The molecule has 4 rings (SSSR count). The Morgan fingerprint density at radius 3 is 2.71 bits per heavy atom. The van der Waals surface area contributed by atoms with Crippen LogP contribution in [0.25, 0.3) is 6.08 Å². The number of urea groups is 1. The van der Waals surface area contributed by atoms with Gasteiger partial charge in [-0.3, -0.25) is 14.9 Å². The second-order valence-corrected chi connectivity index (χ2v) is 7.51. The molecule has 3 heterocycles. The normalized spacial score (nSPS) is 20.4. The van der Waals surface area contributed by atoms with Crippen LogP contribution in [0, 0.1) is 0 Å². The first kappa shape index (κ1) is 20.7. The Morgan fingerprint density at radius 2 is 2.06 bits per heavy atom. The Bertz CT molecular complexity index is 1120. The number of rotatable bonds is 6. The SMILES string of the molecule is CO/C(=C\c1ccnc(Cl)c1)[C@]1(CN2Cc3ccc(OC)cc3C2=O)NC(=O)NC1=O. The highest BCUT2D eigenvalue weighted by atomic mass is 35.5. The second kappa shape index (κ2) is 7.92. The minimum absolute atomic E-state index is 0.126. The number of fused-ring (bicyclic) bond motifs is 1. The zero-order valence-corrected chi connectivity index (χ0v) is 17.5. The highest BCUT2D eigenvalue weighted by molar-refractivity contribution is 6.29. The molecule has 1 saturated heterocycles. The molecule has 1 atom stereocenters. The molecule has 0 spiro atoms. The lowest BCUT2D eigenvalue weighted by Gasteiger charge is -2.32. The molecule has 160 valence electrons. The third-order valence-corrected chi connectivity index (χ3v) is 5.46. The van der Waals surface area contributed by atoms with Crippen molar-refractivity contribution < 1.29 is 23.9 Å². The summed E-state index contributed by atoms with van der Waals surface area (Å²) in [5.41, 5.74) is 0.298. The number of ether oxygens (including phenoxy) is 2. The number of nitrogens with zero attached hydrogens (tertiary/aromatic N) is 2. The summed E-state index contributed by atoms with van der Waals surface area (Å²) in [6, 6.07) is 7.82. The van der Waals surface area contributed by atoms with Crippen LogP contribution in [0.15, 0.2) is 42.3 Å². The van der Waals surface area contributed by atoms with Gasteiger partial charge in [0.05, 0.1) is 20.8 Å². The van der Waals surface area contributed by atoms with Gasteiger partial charge in [0.1, 0.15) is 16.7 Å². The number of hydrogen-bond acceptors (Lipinski definition) is 6. The molecule has 4 amide bonds. The van der Waals surface area contributed by atoms with Crippen LogP contribution in [0.4, 0.5) is 4.79 Å². The average molecular weight is 443 g/mol. The fourth-order valence-electron chi connectivity index (χ4n) is 3.75. The number of imide groups is 1. The van der Waals surface area contributed by atoms with Gasteiger partial charge in [-0.1, -0.05) is 17.7 Å². The van der Waals surface area contributed by atoms with Gasteiger partial charge in [0.25, 0.3) is 11.8 Å². The van der Waals surface area contributed by atoms with Crippen LogP contribution in [0.3, 0.4) is 0 Å². The van der Waals surface area contributed by atoms with Crippen LogP contribution in [-0.2, 0) is 16.1 Å². The van der Waals surface area contributed by atoms with E-state index in [1.807, 2.05) is 0 Å². The van der Waals surface area contributed by atoms with Gasteiger partial charge in [0, 0.05) is 18.3 Å². The standard InChI is InChI=1S/C21H19ClN4O5/c1-30-14-4-3-13-10-26(18(27)15(13)9-14)11-21(19(28)24-20(29)25-21)16(31-2)7-12-5-6-23-17(22)8-12/h3-9H,10-11H2,1-2H3,(H2,24,25,28,29)/b16-7-/t21-/m0/s1. The van der Waals surface area contributed by atoms with Crippen molar-refractivity contribution in [3.63, 3.8) is 0 Å². The number of hydrogen-bond donors (Lipinski definition) is 2. The molecular formula is C21H19ClN4O5. The predicted octanol–water partition coefficient (Wildman–Crippen LogP) is 1.97. The number of carbonyl (C=O) groups is 3. The largest absolute Gasteiger partial charge is 0.498 e. The van der Waals surface area contributed by atoms with E-state index in [4.69, 9.17) is 21.1 Å². The molecule has 2 aliphatic rings. The van der Waals surface area contributed by atoms with Crippen molar-refractivity contribution in [2.45, 2.75) is 12.1 Å². The fourth-order valence-corrected chi connectivity index (χ4v) is 3.93. The number of pyridine rings is 1. The quantitative estimate of drug-likeness (QED) is 0.402. The van der Waals surface area contributed by atoms with Crippen LogP contribution >= 0.6 is 11.6 Å². The van der Waals surface area contributed by atoms with Gasteiger partial charge < -0.3 is 19.7 Å². The highest BCUT2D eigenvalue weighted by Gasteiger charge is 2.53. The molecule has 0 radical (unpaired) electrons. The predicted molar refractivity (Wildman–Crippen MR) is 111 cm³/mol. The molecule has 9 nitrogen and oxygen atoms in total.